The number of carbonyl (C=O) groups excluding carboxylic acids is 2. The second kappa shape index (κ2) is 6.13. The molecule has 1 atom stereocenters. The third kappa shape index (κ3) is 3.24. The molecule has 0 unspecified atom stereocenters. The van der Waals surface area contributed by atoms with E-state index in [1.807, 2.05) is 0 Å². The molecule has 1 aliphatic rings. The Labute approximate surface area is 126 Å². The van der Waals surface area contributed by atoms with Gasteiger partial charge in [0.05, 0.1) is 5.92 Å². The van der Waals surface area contributed by atoms with Gasteiger partial charge in [0, 0.05) is 18.2 Å². The number of carbonyl (C=O) groups is 3. The summed E-state index contributed by atoms with van der Waals surface area (Å²) in [6.07, 6.45) is -0.0830. The molecule has 2 rings (SSSR count). The van der Waals surface area contributed by atoms with E-state index in [1.54, 1.807) is 13.8 Å². The number of carboxylic acid groups (broad SMARTS) is 1. The van der Waals surface area contributed by atoms with Crippen LogP contribution in [0.15, 0.2) is 18.2 Å². The van der Waals surface area contributed by atoms with Crippen molar-refractivity contribution < 1.29 is 23.9 Å². The summed E-state index contributed by atoms with van der Waals surface area (Å²) in [6, 6.07) is 3.50. The van der Waals surface area contributed by atoms with Crippen LogP contribution in [0.1, 0.15) is 31.7 Å². The Bertz CT molecular complexity index is 630. The summed E-state index contributed by atoms with van der Waals surface area (Å²) in [4.78, 5) is 36.5. The number of nitrogens with zero attached hydrogens (tertiary/aromatic N) is 1. The Morgan fingerprint density at radius 1 is 1.45 bits per heavy atom. The highest BCUT2D eigenvalue weighted by Gasteiger charge is 2.35. The average molecular weight is 308 g/mol. The molecule has 1 aromatic carbocycles. The molecule has 2 amide bonds. The maximum Gasteiger partial charge on any atom is 0.323 e. The highest BCUT2D eigenvalue weighted by atomic mass is 19.1. The lowest BCUT2D eigenvalue weighted by Gasteiger charge is -2.32. The van der Waals surface area contributed by atoms with Gasteiger partial charge in [-0.25, -0.2) is 4.39 Å². The van der Waals surface area contributed by atoms with Gasteiger partial charge >= 0.3 is 5.97 Å². The van der Waals surface area contributed by atoms with E-state index in [4.69, 9.17) is 5.11 Å². The van der Waals surface area contributed by atoms with Gasteiger partial charge in [-0.2, -0.15) is 0 Å². The summed E-state index contributed by atoms with van der Waals surface area (Å²) in [5.74, 6) is -3.28. The molecule has 7 heteroatoms. The van der Waals surface area contributed by atoms with Crippen molar-refractivity contribution in [3.63, 3.8) is 0 Å². The molecule has 6 nitrogen and oxygen atoms in total. The van der Waals surface area contributed by atoms with Crippen LogP contribution in [0.5, 0.6) is 0 Å². The molecular weight excluding hydrogens is 291 g/mol. The minimum Gasteiger partial charge on any atom is -0.480 e. The van der Waals surface area contributed by atoms with Crippen molar-refractivity contribution in [2.45, 2.75) is 32.2 Å². The van der Waals surface area contributed by atoms with Crippen molar-refractivity contribution in [1.82, 2.24) is 4.90 Å². The Morgan fingerprint density at radius 3 is 2.73 bits per heavy atom. The molecule has 0 spiro atoms. The van der Waals surface area contributed by atoms with Crippen LogP contribution in [0.2, 0.25) is 0 Å². The number of aliphatic carboxylic acids is 1. The zero-order chi connectivity index (χ0) is 16.4. The van der Waals surface area contributed by atoms with E-state index in [0.717, 1.165) is 6.07 Å². The third-order valence-electron chi connectivity index (χ3n) is 3.56. The van der Waals surface area contributed by atoms with Crippen molar-refractivity contribution in [1.29, 1.82) is 0 Å². The fraction of sp³-hybridized carbons (Fsp3) is 0.400. The summed E-state index contributed by atoms with van der Waals surface area (Å²) in [6.45, 7) is 2.97. The molecule has 1 heterocycles. The lowest BCUT2D eigenvalue weighted by molar-refractivity contribution is -0.146. The minimum atomic E-state index is -1.12. The second-order valence-electron chi connectivity index (χ2n) is 5.49. The lowest BCUT2D eigenvalue weighted by atomic mass is 9.89. The summed E-state index contributed by atoms with van der Waals surface area (Å²) in [5.41, 5.74) is 0.760. The first-order valence-electron chi connectivity index (χ1n) is 6.91. The molecule has 0 fully saturated rings. The molecule has 0 aliphatic carbocycles. The maximum atomic E-state index is 13.3. The second-order valence-corrected chi connectivity index (χ2v) is 5.49. The van der Waals surface area contributed by atoms with E-state index in [2.05, 4.69) is 5.32 Å². The van der Waals surface area contributed by atoms with E-state index < -0.39 is 36.1 Å². The van der Waals surface area contributed by atoms with Crippen molar-refractivity contribution in [2.24, 2.45) is 0 Å². The molecular formula is C15H17FN2O4. The van der Waals surface area contributed by atoms with Crippen LogP contribution in [0.25, 0.3) is 0 Å². The van der Waals surface area contributed by atoms with Crippen LogP contribution in [0, 0.1) is 5.82 Å². The van der Waals surface area contributed by atoms with Gasteiger partial charge in [0.25, 0.3) is 0 Å². The summed E-state index contributed by atoms with van der Waals surface area (Å²) in [7, 11) is 0. The highest BCUT2D eigenvalue weighted by molar-refractivity contribution is 6.01. The van der Waals surface area contributed by atoms with Crippen LogP contribution in [-0.2, 0) is 14.4 Å². The van der Waals surface area contributed by atoms with E-state index in [0.29, 0.717) is 5.56 Å². The van der Waals surface area contributed by atoms with Crippen molar-refractivity contribution in [3.05, 3.63) is 29.6 Å². The zero-order valence-electron chi connectivity index (χ0n) is 12.3. The number of halogens is 1. The summed E-state index contributed by atoms with van der Waals surface area (Å²) < 4.78 is 13.3. The SMILES string of the molecule is CC(C)N(CC(=O)O)C(=O)[C@@H]1CC(=O)Nc2cc(F)ccc21. The lowest BCUT2D eigenvalue weighted by Crippen LogP contribution is -2.44. The van der Waals surface area contributed by atoms with Gasteiger partial charge in [0.2, 0.25) is 11.8 Å². The largest absolute Gasteiger partial charge is 0.480 e. The number of anilines is 1. The number of hydrogen-bond acceptors (Lipinski definition) is 3. The van der Waals surface area contributed by atoms with Gasteiger partial charge in [-0.05, 0) is 31.5 Å². The topological polar surface area (TPSA) is 86.7 Å². The normalized spacial score (nSPS) is 16.9. The monoisotopic (exact) mass is 308 g/mol. The zero-order valence-corrected chi connectivity index (χ0v) is 12.3. The number of rotatable bonds is 4. The molecule has 2 N–H and O–H groups in total. The number of carboxylic acids is 1. The molecule has 0 saturated heterocycles. The minimum absolute atomic E-state index is 0.0830. The number of fused-ring (bicyclic) bond motifs is 1. The standard InChI is InChI=1S/C15H17FN2O4/c1-8(2)18(7-14(20)21)15(22)11-6-13(19)17-12-5-9(16)3-4-10(11)12/h3-5,8,11H,6-7H2,1-2H3,(H,17,19)(H,20,21)/t11-/m1/s1. The average Bonchev–Trinajstić information content (AvgIpc) is 2.42. The fourth-order valence-electron chi connectivity index (χ4n) is 2.52. The first-order chi connectivity index (χ1) is 10.3. The van der Waals surface area contributed by atoms with Crippen molar-refractivity contribution >= 4 is 23.5 Å². The van der Waals surface area contributed by atoms with Crippen molar-refractivity contribution in [3.8, 4) is 0 Å². The number of benzene rings is 1. The number of amides is 2. The predicted molar refractivity (Wildman–Crippen MR) is 76.9 cm³/mol. The Morgan fingerprint density at radius 2 is 2.14 bits per heavy atom. The molecule has 118 valence electrons. The van der Waals surface area contributed by atoms with Gasteiger partial charge in [-0.15, -0.1) is 0 Å². The van der Waals surface area contributed by atoms with Gasteiger partial charge in [0.15, 0.2) is 0 Å². The predicted octanol–water partition coefficient (Wildman–Crippen LogP) is 1.57. The molecule has 1 aliphatic heterocycles. The van der Waals surface area contributed by atoms with Gasteiger partial charge < -0.3 is 15.3 Å². The fourth-order valence-corrected chi connectivity index (χ4v) is 2.52. The molecule has 22 heavy (non-hydrogen) atoms. The molecule has 0 saturated carbocycles. The van der Waals surface area contributed by atoms with E-state index in [9.17, 15) is 18.8 Å². The Kier molecular flexibility index (Phi) is 4.44. The first kappa shape index (κ1) is 15.9. The Balaban J connectivity index is 2.37. The highest BCUT2D eigenvalue weighted by Crippen LogP contribution is 2.34. The smallest absolute Gasteiger partial charge is 0.323 e. The van der Waals surface area contributed by atoms with Gasteiger partial charge in [-0.3, -0.25) is 14.4 Å². The number of nitrogens with one attached hydrogen (secondary N) is 1. The quantitative estimate of drug-likeness (QED) is 0.884. The van der Waals surface area contributed by atoms with Gasteiger partial charge in [-0.1, -0.05) is 6.07 Å². The first-order valence-corrected chi connectivity index (χ1v) is 6.91. The Hall–Kier alpha value is -2.44. The maximum absolute atomic E-state index is 13.3. The van der Waals surface area contributed by atoms with Crippen molar-refractivity contribution in [2.75, 3.05) is 11.9 Å². The van der Waals surface area contributed by atoms with E-state index in [1.165, 1.54) is 17.0 Å². The van der Waals surface area contributed by atoms with Crippen LogP contribution in [-0.4, -0.2) is 40.4 Å². The van der Waals surface area contributed by atoms with E-state index >= 15 is 0 Å². The van der Waals surface area contributed by atoms with Crippen LogP contribution in [0.4, 0.5) is 10.1 Å². The molecule has 0 bridgehead atoms. The van der Waals surface area contributed by atoms with Crippen LogP contribution < -0.4 is 5.32 Å². The van der Waals surface area contributed by atoms with Crippen LogP contribution in [0.3, 0.4) is 0 Å². The number of hydrogen-bond donors (Lipinski definition) is 2. The summed E-state index contributed by atoms with van der Waals surface area (Å²) >= 11 is 0. The van der Waals surface area contributed by atoms with Crippen LogP contribution >= 0.6 is 0 Å². The van der Waals surface area contributed by atoms with Gasteiger partial charge in [0.1, 0.15) is 12.4 Å². The molecule has 0 aromatic heterocycles. The third-order valence-corrected chi connectivity index (χ3v) is 3.56. The molecule has 0 radical (unpaired) electrons. The van der Waals surface area contributed by atoms with E-state index in [-0.39, 0.29) is 18.2 Å². The molecule has 1 aromatic rings. The summed E-state index contributed by atoms with van der Waals surface area (Å²) in [5, 5.41) is 11.5.